The van der Waals surface area contributed by atoms with Crippen LogP contribution in [0, 0.1) is 6.92 Å². The number of aliphatic hydroxyl groups excluding tert-OH is 1. The van der Waals surface area contributed by atoms with Crippen molar-refractivity contribution < 1.29 is 5.11 Å². The number of benzene rings is 1. The summed E-state index contributed by atoms with van der Waals surface area (Å²) < 4.78 is 1.80. The molecule has 5 nitrogen and oxygen atoms in total. The summed E-state index contributed by atoms with van der Waals surface area (Å²) in [4.78, 5) is 8.73. The first-order chi connectivity index (χ1) is 10.5. The molecule has 0 atom stereocenters. The van der Waals surface area contributed by atoms with Gasteiger partial charge >= 0.3 is 0 Å². The van der Waals surface area contributed by atoms with E-state index in [2.05, 4.69) is 9.97 Å². The van der Waals surface area contributed by atoms with E-state index in [-0.39, 0.29) is 6.61 Å². The molecule has 2 heterocycles. The number of hydrogen-bond acceptors (Lipinski definition) is 4. The van der Waals surface area contributed by atoms with Gasteiger partial charge in [0.05, 0.1) is 23.0 Å². The zero-order valence-corrected chi connectivity index (χ0v) is 13.4. The standard InChI is InChI=1S/C15H14Cl2N4O/c1-8-12(5-18)14(11-3-2-9(16)4-13(11)17)21-6-10(7-22)20-15(21)19-8/h2-4,6,22H,5,7,18H2,1H3. The second-order valence-corrected chi connectivity index (χ2v) is 5.76. The average molecular weight is 337 g/mol. The fourth-order valence-electron chi connectivity index (χ4n) is 2.49. The number of halogens is 2. The maximum atomic E-state index is 9.32. The number of aliphatic hydroxyl groups is 1. The summed E-state index contributed by atoms with van der Waals surface area (Å²) >= 11 is 12.3. The van der Waals surface area contributed by atoms with E-state index in [1.54, 1.807) is 22.7 Å². The molecule has 0 spiro atoms. The Hall–Kier alpha value is -1.66. The number of hydrogen-bond donors (Lipinski definition) is 2. The Bertz CT molecular complexity index is 860. The summed E-state index contributed by atoms with van der Waals surface area (Å²) in [7, 11) is 0. The zero-order valence-electron chi connectivity index (χ0n) is 11.8. The molecule has 0 fully saturated rings. The highest BCUT2D eigenvalue weighted by Gasteiger charge is 2.17. The van der Waals surface area contributed by atoms with Crippen LogP contribution in [0.15, 0.2) is 24.4 Å². The normalized spacial score (nSPS) is 11.3. The van der Waals surface area contributed by atoms with E-state index in [0.29, 0.717) is 28.1 Å². The Balaban J connectivity index is 2.41. The van der Waals surface area contributed by atoms with Crippen molar-refractivity contribution in [3.05, 3.63) is 51.4 Å². The van der Waals surface area contributed by atoms with Crippen molar-refractivity contribution in [2.24, 2.45) is 5.73 Å². The van der Waals surface area contributed by atoms with Gasteiger partial charge in [-0.05, 0) is 25.1 Å². The second-order valence-electron chi connectivity index (χ2n) is 4.91. The second kappa shape index (κ2) is 5.85. The van der Waals surface area contributed by atoms with Crippen molar-refractivity contribution in [3.8, 4) is 11.3 Å². The quantitative estimate of drug-likeness (QED) is 0.770. The Morgan fingerprint density at radius 1 is 1.27 bits per heavy atom. The third-order valence-corrected chi connectivity index (χ3v) is 4.07. The SMILES string of the molecule is Cc1nc2nc(CO)cn2c(-c2ccc(Cl)cc2Cl)c1CN. The molecule has 7 heteroatoms. The molecule has 0 bridgehead atoms. The highest BCUT2D eigenvalue weighted by molar-refractivity contribution is 6.36. The maximum absolute atomic E-state index is 9.32. The van der Waals surface area contributed by atoms with Crippen LogP contribution in [-0.2, 0) is 13.2 Å². The molecule has 0 amide bonds. The van der Waals surface area contributed by atoms with E-state index in [0.717, 1.165) is 22.5 Å². The number of aryl methyl sites for hydroxylation is 1. The van der Waals surface area contributed by atoms with Crippen LogP contribution in [0.25, 0.3) is 17.0 Å². The summed E-state index contributed by atoms with van der Waals surface area (Å²) in [6.45, 7) is 2.03. The first-order valence-corrected chi connectivity index (χ1v) is 7.44. The number of imidazole rings is 1. The van der Waals surface area contributed by atoms with Gasteiger partial charge in [-0.1, -0.05) is 23.2 Å². The van der Waals surface area contributed by atoms with Gasteiger partial charge in [0.2, 0.25) is 5.78 Å². The molecular weight excluding hydrogens is 323 g/mol. The summed E-state index contributed by atoms with van der Waals surface area (Å²) in [5.41, 5.74) is 9.71. The molecule has 114 valence electrons. The largest absolute Gasteiger partial charge is 0.390 e. The lowest BCUT2D eigenvalue weighted by atomic mass is 10.0. The monoisotopic (exact) mass is 336 g/mol. The van der Waals surface area contributed by atoms with E-state index in [9.17, 15) is 5.11 Å². The average Bonchev–Trinajstić information content (AvgIpc) is 2.89. The lowest BCUT2D eigenvalue weighted by molar-refractivity contribution is 0.277. The lowest BCUT2D eigenvalue weighted by Crippen LogP contribution is -2.08. The van der Waals surface area contributed by atoms with E-state index in [1.807, 2.05) is 13.0 Å². The van der Waals surface area contributed by atoms with Crippen molar-refractivity contribution in [2.45, 2.75) is 20.1 Å². The summed E-state index contributed by atoms with van der Waals surface area (Å²) in [6.07, 6.45) is 1.74. The van der Waals surface area contributed by atoms with Crippen LogP contribution in [0.4, 0.5) is 0 Å². The van der Waals surface area contributed by atoms with Gasteiger partial charge in [0, 0.05) is 34.6 Å². The van der Waals surface area contributed by atoms with E-state index in [1.165, 1.54) is 0 Å². The van der Waals surface area contributed by atoms with E-state index in [4.69, 9.17) is 28.9 Å². The van der Waals surface area contributed by atoms with Crippen LogP contribution in [0.3, 0.4) is 0 Å². The third-order valence-electron chi connectivity index (χ3n) is 3.52. The van der Waals surface area contributed by atoms with Gasteiger partial charge in [0.15, 0.2) is 0 Å². The smallest absolute Gasteiger partial charge is 0.234 e. The van der Waals surface area contributed by atoms with Gasteiger partial charge < -0.3 is 10.8 Å². The molecule has 3 rings (SSSR count). The maximum Gasteiger partial charge on any atom is 0.234 e. The first kappa shape index (κ1) is 15.2. The highest BCUT2D eigenvalue weighted by Crippen LogP contribution is 2.33. The van der Waals surface area contributed by atoms with Crippen LogP contribution in [0.5, 0.6) is 0 Å². The van der Waals surface area contributed by atoms with Crippen molar-refractivity contribution in [2.75, 3.05) is 0 Å². The molecule has 3 aromatic rings. The van der Waals surface area contributed by atoms with Gasteiger partial charge in [0.1, 0.15) is 0 Å². The first-order valence-electron chi connectivity index (χ1n) is 6.69. The van der Waals surface area contributed by atoms with E-state index >= 15 is 0 Å². The van der Waals surface area contributed by atoms with E-state index < -0.39 is 0 Å². The molecule has 0 aliphatic carbocycles. The minimum Gasteiger partial charge on any atom is -0.390 e. The predicted molar refractivity (Wildman–Crippen MR) is 87.0 cm³/mol. The topological polar surface area (TPSA) is 76.4 Å². The Kier molecular flexibility index (Phi) is 4.06. The molecular formula is C15H14Cl2N4O. The molecule has 22 heavy (non-hydrogen) atoms. The summed E-state index contributed by atoms with van der Waals surface area (Å²) in [6, 6.07) is 5.30. The zero-order chi connectivity index (χ0) is 15.9. The fraction of sp³-hybridized carbons (Fsp3) is 0.200. The number of aromatic nitrogens is 3. The lowest BCUT2D eigenvalue weighted by Gasteiger charge is -2.14. The minimum atomic E-state index is -0.159. The van der Waals surface area contributed by atoms with Gasteiger partial charge in [-0.2, -0.15) is 0 Å². The molecule has 0 aliphatic heterocycles. The molecule has 1 aromatic carbocycles. The Morgan fingerprint density at radius 3 is 2.68 bits per heavy atom. The van der Waals surface area contributed by atoms with Crippen molar-refractivity contribution in [1.82, 2.24) is 14.4 Å². The molecule has 2 aromatic heterocycles. The Morgan fingerprint density at radius 2 is 2.05 bits per heavy atom. The highest BCUT2D eigenvalue weighted by atomic mass is 35.5. The van der Waals surface area contributed by atoms with Gasteiger partial charge in [-0.3, -0.25) is 4.40 Å². The van der Waals surface area contributed by atoms with Crippen LogP contribution in [0.2, 0.25) is 10.0 Å². The van der Waals surface area contributed by atoms with Gasteiger partial charge in [0.25, 0.3) is 0 Å². The number of rotatable bonds is 3. The number of fused-ring (bicyclic) bond motifs is 1. The fourth-order valence-corrected chi connectivity index (χ4v) is 2.99. The third kappa shape index (κ3) is 2.46. The summed E-state index contributed by atoms with van der Waals surface area (Å²) in [5, 5.41) is 10.4. The van der Waals surface area contributed by atoms with Crippen LogP contribution in [-0.4, -0.2) is 19.5 Å². The molecule has 0 unspecified atom stereocenters. The predicted octanol–water partition coefficient (Wildman–Crippen LogP) is 2.96. The minimum absolute atomic E-state index is 0.159. The molecule has 0 radical (unpaired) electrons. The van der Waals surface area contributed by atoms with Crippen molar-refractivity contribution in [1.29, 1.82) is 0 Å². The molecule has 0 saturated heterocycles. The van der Waals surface area contributed by atoms with Crippen molar-refractivity contribution >= 4 is 29.0 Å². The summed E-state index contributed by atoms with van der Waals surface area (Å²) in [5.74, 6) is 0.500. The molecule has 3 N–H and O–H groups in total. The van der Waals surface area contributed by atoms with Gasteiger partial charge in [-0.15, -0.1) is 0 Å². The van der Waals surface area contributed by atoms with Gasteiger partial charge in [-0.25, -0.2) is 9.97 Å². The number of nitrogens with zero attached hydrogens (tertiary/aromatic N) is 3. The van der Waals surface area contributed by atoms with Crippen LogP contribution in [0.1, 0.15) is 17.0 Å². The molecule has 0 aliphatic rings. The van der Waals surface area contributed by atoms with Crippen molar-refractivity contribution in [3.63, 3.8) is 0 Å². The Labute approximate surface area is 137 Å². The van der Waals surface area contributed by atoms with Crippen LogP contribution < -0.4 is 5.73 Å². The van der Waals surface area contributed by atoms with Crippen LogP contribution >= 0.6 is 23.2 Å². The number of nitrogens with two attached hydrogens (primary N) is 1. The molecule has 0 saturated carbocycles.